The number of ketones is 1. The molecule has 2 nitrogen and oxygen atoms in total. The Hall–Kier alpha value is 0.110. The number of carbonyl (C=O) groups excluding carboxylic acids is 1. The Balaban J connectivity index is 0. The fraction of sp³-hybridized carbons (Fsp3) is 0.667. The number of halogens is 1. The van der Waals surface area contributed by atoms with Crippen LogP contribution in [0.2, 0.25) is 0 Å². The Morgan fingerprint density at radius 1 is 1.83 bits per heavy atom. The number of Topliss-reactive ketones (excluding diaryl/α,β-unsaturated/α-hetero) is 1. The molecule has 0 bridgehead atoms. The van der Waals surface area contributed by atoms with E-state index in [0.717, 1.165) is 0 Å². The molecule has 0 fully saturated rings. The zero-order chi connectivity index (χ0) is 4.28. The molecule has 0 aliphatic heterocycles. The van der Waals surface area contributed by atoms with E-state index >= 15 is 0 Å². The average Bonchev–Trinajstić information content (AvgIpc) is 1.38. The zero-order valence-corrected chi connectivity index (χ0v) is 5.29. The molecule has 0 heterocycles. The highest BCUT2D eigenvalue weighted by molar-refractivity contribution is 9.09. The van der Waals surface area contributed by atoms with Gasteiger partial charge in [0.25, 0.3) is 0 Å². The van der Waals surface area contributed by atoms with Crippen LogP contribution in [0.25, 0.3) is 0 Å². The number of hydrogen-bond donors (Lipinski definition) is 1. The minimum absolute atomic E-state index is 0. The molecule has 0 aliphatic carbocycles. The van der Waals surface area contributed by atoms with E-state index < -0.39 is 0 Å². The monoisotopic (exact) mass is 153 g/mol. The van der Waals surface area contributed by atoms with Crippen molar-refractivity contribution in [3.8, 4) is 0 Å². The van der Waals surface area contributed by atoms with E-state index in [2.05, 4.69) is 15.9 Å². The van der Waals surface area contributed by atoms with Crippen LogP contribution < -0.4 is 6.15 Å². The maximum atomic E-state index is 9.77. The van der Waals surface area contributed by atoms with E-state index in [-0.39, 0.29) is 11.9 Å². The van der Waals surface area contributed by atoms with Gasteiger partial charge in [-0.15, -0.1) is 0 Å². The Labute approximate surface area is 45.6 Å². The number of rotatable bonds is 1. The van der Waals surface area contributed by atoms with Crippen molar-refractivity contribution in [2.24, 2.45) is 0 Å². The van der Waals surface area contributed by atoms with E-state index in [1.807, 2.05) is 0 Å². The summed E-state index contributed by atoms with van der Waals surface area (Å²) in [4.78, 5) is 9.77. The van der Waals surface area contributed by atoms with Gasteiger partial charge in [-0.2, -0.15) is 0 Å². The first-order valence-corrected chi connectivity index (χ1v) is 2.45. The Morgan fingerprint density at radius 3 is 2.00 bits per heavy atom. The highest BCUT2D eigenvalue weighted by Crippen LogP contribution is 1.76. The van der Waals surface area contributed by atoms with Gasteiger partial charge in [-0.25, -0.2) is 0 Å². The van der Waals surface area contributed by atoms with E-state index in [1.165, 1.54) is 6.92 Å². The molecule has 0 aromatic carbocycles. The molecule has 0 aliphatic rings. The third kappa shape index (κ3) is 8.93. The van der Waals surface area contributed by atoms with Gasteiger partial charge in [0.2, 0.25) is 0 Å². The van der Waals surface area contributed by atoms with Crippen molar-refractivity contribution in [3.63, 3.8) is 0 Å². The third-order valence-electron chi connectivity index (χ3n) is 0.188. The molecule has 0 atom stereocenters. The van der Waals surface area contributed by atoms with Crippen molar-refractivity contribution in [2.45, 2.75) is 6.92 Å². The topological polar surface area (TPSA) is 52.1 Å². The van der Waals surface area contributed by atoms with Crippen LogP contribution in [0, 0.1) is 0 Å². The number of carbonyl (C=O) groups is 1. The van der Waals surface area contributed by atoms with Crippen LogP contribution in [0.5, 0.6) is 0 Å². The van der Waals surface area contributed by atoms with Gasteiger partial charge in [0, 0.05) is 0 Å². The molecule has 0 unspecified atom stereocenters. The maximum absolute atomic E-state index is 9.77. The quantitative estimate of drug-likeness (QED) is 0.575. The molecule has 0 rings (SSSR count). The number of alkyl halides is 1. The van der Waals surface area contributed by atoms with Gasteiger partial charge < -0.3 is 6.15 Å². The predicted octanol–water partition coefficient (Wildman–Crippen LogP) is 1.13. The second kappa shape index (κ2) is 5.11. The molecule has 3 N–H and O–H groups in total. The average molecular weight is 154 g/mol. The molecular formula is C3H8BrNO. The standard InChI is InChI=1S/C3H5BrO.H3N/c1-3(5)2-4;/h2H2,1H3;1H3. The van der Waals surface area contributed by atoms with E-state index in [9.17, 15) is 4.79 Å². The molecule has 3 heteroatoms. The highest BCUT2D eigenvalue weighted by atomic mass is 79.9. The summed E-state index contributed by atoms with van der Waals surface area (Å²) in [5.74, 6) is 0.171. The summed E-state index contributed by atoms with van der Waals surface area (Å²) in [7, 11) is 0. The fourth-order valence-electron chi connectivity index (χ4n) is 0. The van der Waals surface area contributed by atoms with Gasteiger partial charge in [-0.1, -0.05) is 15.9 Å². The molecule has 0 aromatic heterocycles. The van der Waals surface area contributed by atoms with Crippen molar-refractivity contribution >= 4 is 21.7 Å². The first-order chi connectivity index (χ1) is 2.27. The summed E-state index contributed by atoms with van der Waals surface area (Å²) in [5.41, 5.74) is 0. The first-order valence-electron chi connectivity index (χ1n) is 1.32. The molecule has 0 amide bonds. The van der Waals surface area contributed by atoms with Crippen LogP contribution >= 0.6 is 15.9 Å². The highest BCUT2D eigenvalue weighted by Gasteiger charge is 1.78. The van der Waals surface area contributed by atoms with Gasteiger partial charge in [-0.3, -0.25) is 4.79 Å². The van der Waals surface area contributed by atoms with E-state index in [0.29, 0.717) is 5.33 Å². The van der Waals surface area contributed by atoms with Crippen molar-refractivity contribution in [3.05, 3.63) is 0 Å². The van der Waals surface area contributed by atoms with Crippen LogP contribution in [0.15, 0.2) is 0 Å². The van der Waals surface area contributed by atoms with Crippen LogP contribution in [0.3, 0.4) is 0 Å². The first kappa shape index (κ1) is 9.44. The summed E-state index contributed by atoms with van der Waals surface area (Å²) < 4.78 is 0. The summed E-state index contributed by atoms with van der Waals surface area (Å²) in [5, 5.41) is 0.479. The Bertz CT molecular complexity index is 46.1. The second-order valence-electron chi connectivity index (χ2n) is 0.836. The van der Waals surface area contributed by atoms with Crippen LogP contribution in [0.1, 0.15) is 6.92 Å². The molecule has 0 spiro atoms. The minimum atomic E-state index is 0. The molecule has 0 saturated heterocycles. The normalized spacial score (nSPS) is 6.33. The van der Waals surface area contributed by atoms with Gasteiger partial charge in [-0.05, 0) is 6.92 Å². The molecule has 0 aromatic rings. The van der Waals surface area contributed by atoms with Gasteiger partial charge in [0.15, 0.2) is 0 Å². The van der Waals surface area contributed by atoms with Gasteiger partial charge in [0.05, 0.1) is 5.33 Å². The van der Waals surface area contributed by atoms with Crippen molar-refractivity contribution < 1.29 is 4.79 Å². The lowest BCUT2D eigenvalue weighted by Crippen LogP contribution is -1.85. The van der Waals surface area contributed by atoms with Gasteiger partial charge in [0.1, 0.15) is 5.78 Å². The second-order valence-corrected chi connectivity index (χ2v) is 1.40. The van der Waals surface area contributed by atoms with Crippen LogP contribution in [0.4, 0.5) is 0 Å². The Kier molecular flexibility index (Phi) is 8.04. The third-order valence-corrected chi connectivity index (χ3v) is 0.978. The van der Waals surface area contributed by atoms with Crippen molar-refractivity contribution in [1.29, 1.82) is 0 Å². The summed E-state index contributed by atoms with van der Waals surface area (Å²) in [6.07, 6.45) is 0. The largest absolute Gasteiger partial charge is 0.344 e. The van der Waals surface area contributed by atoms with Crippen LogP contribution in [-0.4, -0.2) is 11.1 Å². The summed E-state index contributed by atoms with van der Waals surface area (Å²) in [6, 6.07) is 0. The SMILES string of the molecule is CC(=O)CBr.N. The van der Waals surface area contributed by atoms with E-state index in [4.69, 9.17) is 0 Å². The van der Waals surface area contributed by atoms with Crippen molar-refractivity contribution in [1.82, 2.24) is 6.15 Å². The van der Waals surface area contributed by atoms with E-state index in [1.54, 1.807) is 0 Å². The summed E-state index contributed by atoms with van der Waals surface area (Å²) in [6.45, 7) is 1.54. The predicted molar refractivity (Wildman–Crippen MR) is 29.5 cm³/mol. The lowest BCUT2D eigenvalue weighted by Gasteiger charge is -1.69. The van der Waals surface area contributed by atoms with Crippen LogP contribution in [-0.2, 0) is 4.79 Å². The molecule has 0 saturated carbocycles. The molecular weight excluding hydrogens is 146 g/mol. The van der Waals surface area contributed by atoms with Crippen molar-refractivity contribution in [2.75, 3.05) is 5.33 Å². The lowest BCUT2D eigenvalue weighted by atomic mass is 10.5. The zero-order valence-electron chi connectivity index (χ0n) is 3.70. The number of hydrogen-bond acceptors (Lipinski definition) is 2. The Morgan fingerprint density at radius 2 is 2.00 bits per heavy atom. The molecule has 0 radical (unpaired) electrons. The maximum Gasteiger partial charge on any atom is 0.140 e. The van der Waals surface area contributed by atoms with Gasteiger partial charge >= 0.3 is 0 Å². The minimum Gasteiger partial charge on any atom is -0.344 e. The molecule has 38 valence electrons. The molecule has 6 heavy (non-hydrogen) atoms. The lowest BCUT2D eigenvalue weighted by molar-refractivity contribution is -0.114. The fourth-order valence-corrected chi connectivity index (χ4v) is 0. The smallest absolute Gasteiger partial charge is 0.140 e. The summed E-state index contributed by atoms with van der Waals surface area (Å²) >= 11 is 2.96.